The van der Waals surface area contributed by atoms with Gasteiger partial charge in [-0.05, 0) is 27.2 Å². The maximum absolute atomic E-state index is 12.3. The topological polar surface area (TPSA) is 68.3 Å². The van der Waals surface area contributed by atoms with Gasteiger partial charge in [0.1, 0.15) is 5.25 Å². The van der Waals surface area contributed by atoms with Crippen LogP contribution in [-0.2, 0) is 19.4 Å². The van der Waals surface area contributed by atoms with Crippen LogP contribution in [-0.4, -0.2) is 30.5 Å². The normalized spacial score (nSPS) is 14.1. The molecular weight excluding hydrogens is 264 g/mol. The predicted molar refractivity (Wildman–Crippen MR) is 76.9 cm³/mol. The van der Waals surface area contributed by atoms with Crippen LogP contribution < -0.4 is 0 Å². The number of ketones is 1. The van der Waals surface area contributed by atoms with E-state index in [4.69, 9.17) is 0 Å². The molecule has 0 fully saturated rings. The molecule has 0 heterocycles. The Kier molecular flexibility index (Phi) is 7.49. The molecule has 0 saturated carbocycles. The Bertz CT molecular complexity index is 390. The number of hydrogen-bond donors (Lipinski definition) is 0. The van der Waals surface area contributed by atoms with Gasteiger partial charge in [-0.3, -0.25) is 9.59 Å². The molecule has 0 aromatic rings. The third-order valence-electron chi connectivity index (χ3n) is 3.23. The second-order valence-electron chi connectivity index (χ2n) is 5.87. The smallest absolute Gasteiger partial charge is 0.213 e. The Morgan fingerprint density at radius 1 is 1.11 bits per heavy atom. The van der Waals surface area contributed by atoms with Crippen molar-refractivity contribution in [2.24, 2.45) is 0 Å². The van der Waals surface area contributed by atoms with E-state index in [9.17, 15) is 18.0 Å². The summed E-state index contributed by atoms with van der Waals surface area (Å²) in [6, 6.07) is 0. The summed E-state index contributed by atoms with van der Waals surface area (Å²) in [5.41, 5.74) is 0. The Balaban J connectivity index is 4.76. The van der Waals surface area contributed by atoms with Crippen LogP contribution in [0.3, 0.4) is 0 Å². The van der Waals surface area contributed by atoms with Gasteiger partial charge in [0.25, 0.3) is 0 Å². The van der Waals surface area contributed by atoms with Crippen molar-refractivity contribution in [3.8, 4) is 0 Å². The molecule has 0 aromatic carbocycles. The van der Waals surface area contributed by atoms with E-state index in [0.29, 0.717) is 6.42 Å². The van der Waals surface area contributed by atoms with E-state index >= 15 is 0 Å². The van der Waals surface area contributed by atoms with Crippen molar-refractivity contribution < 1.29 is 18.0 Å². The molecule has 1 unspecified atom stereocenters. The van der Waals surface area contributed by atoms with Crippen molar-refractivity contribution in [1.82, 2.24) is 0 Å². The highest BCUT2D eigenvalue weighted by Crippen LogP contribution is 2.24. The van der Waals surface area contributed by atoms with Crippen molar-refractivity contribution in [3.05, 3.63) is 0 Å². The van der Waals surface area contributed by atoms with E-state index in [-0.39, 0.29) is 12.7 Å². The number of carbonyl (C=O) groups is 2. The summed E-state index contributed by atoms with van der Waals surface area (Å²) in [4.78, 5) is 22.2. The fourth-order valence-electron chi connectivity index (χ4n) is 1.89. The third kappa shape index (κ3) is 5.43. The van der Waals surface area contributed by atoms with Crippen molar-refractivity contribution >= 4 is 21.9 Å². The van der Waals surface area contributed by atoms with Crippen molar-refractivity contribution in [2.45, 2.75) is 76.2 Å². The maximum Gasteiger partial charge on any atom is 0.213 e. The molecule has 112 valence electrons. The van der Waals surface area contributed by atoms with Crippen LogP contribution in [0.5, 0.6) is 0 Å². The number of Topliss-reactive ketones (excluding diaryl/α,β-unsaturated/α-hetero) is 1. The average molecular weight is 290 g/mol. The average Bonchev–Trinajstić information content (AvgIpc) is 2.31. The molecule has 5 heteroatoms. The Morgan fingerprint density at radius 3 is 2.05 bits per heavy atom. The summed E-state index contributed by atoms with van der Waals surface area (Å²) in [6.07, 6.45) is 5.21. The molecule has 0 bridgehead atoms. The van der Waals surface area contributed by atoms with Crippen LogP contribution >= 0.6 is 0 Å². The van der Waals surface area contributed by atoms with Gasteiger partial charge in [0, 0.05) is 0 Å². The minimum atomic E-state index is -3.62. The number of sulfone groups is 1. The van der Waals surface area contributed by atoms with Gasteiger partial charge < -0.3 is 0 Å². The second kappa shape index (κ2) is 7.78. The summed E-state index contributed by atoms with van der Waals surface area (Å²) in [5.74, 6) is -0.814. The van der Waals surface area contributed by atoms with E-state index in [2.05, 4.69) is 6.92 Å². The first-order valence-corrected chi connectivity index (χ1v) is 8.45. The van der Waals surface area contributed by atoms with Gasteiger partial charge in [-0.2, -0.15) is 0 Å². The highest BCUT2D eigenvalue weighted by atomic mass is 32.2. The molecule has 0 aromatic heterocycles. The van der Waals surface area contributed by atoms with Crippen LogP contribution in [0.4, 0.5) is 0 Å². The number of carbonyl (C=O) groups excluding carboxylic acids is 2. The zero-order valence-corrected chi connectivity index (χ0v) is 13.3. The highest BCUT2D eigenvalue weighted by molar-refractivity contribution is 7.94. The van der Waals surface area contributed by atoms with Gasteiger partial charge in [-0.25, -0.2) is 8.42 Å². The fraction of sp³-hybridized carbons (Fsp3) is 0.857. The fourth-order valence-corrected chi connectivity index (χ4v) is 3.58. The van der Waals surface area contributed by atoms with Crippen LogP contribution in [0, 0.1) is 0 Å². The molecule has 0 saturated heterocycles. The van der Waals surface area contributed by atoms with Crippen molar-refractivity contribution in [3.63, 3.8) is 0 Å². The maximum atomic E-state index is 12.3. The molecule has 0 aliphatic heterocycles. The number of rotatable bonds is 9. The molecular formula is C14H26O4S. The van der Waals surface area contributed by atoms with Gasteiger partial charge >= 0.3 is 0 Å². The molecule has 1 atom stereocenters. The molecule has 0 N–H and O–H groups in total. The van der Waals surface area contributed by atoms with Crippen LogP contribution in [0.1, 0.15) is 66.2 Å². The molecule has 0 radical (unpaired) electrons. The van der Waals surface area contributed by atoms with Gasteiger partial charge in [-0.1, -0.05) is 39.0 Å². The second-order valence-corrected chi connectivity index (χ2v) is 8.75. The Labute approximate surface area is 116 Å². The van der Waals surface area contributed by atoms with Gasteiger partial charge in [-0.15, -0.1) is 0 Å². The van der Waals surface area contributed by atoms with E-state index < -0.39 is 25.6 Å². The number of aldehydes is 1. The lowest BCUT2D eigenvalue weighted by atomic mass is 10.1. The third-order valence-corrected chi connectivity index (χ3v) is 6.16. The monoisotopic (exact) mass is 290 g/mol. The minimum absolute atomic E-state index is 0.139. The number of hydrogen-bond acceptors (Lipinski definition) is 4. The van der Waals surface area contributed by atoms with E-state index in [1.165, 1.54) is 0 Å². The lowest BCUT2D eigenvalue weighted by molar-refractivity contribution is -0.129. The first kappa shape index (κ1) is 18.3. The Morgan fingerprint density at radius 2 is 1.63 bits per heavy atom. The molecule has 0 aliphatic carbocycles. The molecule has 0 spiro atoms. The first-order chi connectivity index (χ1) is 8.68. The predicted octanol–water partition coefficient (Wildman–Crippen LogP) is 2.70. The van der Waals surface area contributed by atoms with Crippen molar-refractivity contribution in [2.75, 3.05) is 0 Å². The zero-order chi connectivity index (χ0) is 15.1. The van der Waals surface area contributed by atoms with Crippen LogP contribution in [0.25, 0.3) is 0 Å². The quantitative estimate of drug-likeness (QED) is 0.372. The lowest BCUT2D eigenvalue weighted by Gasteiger charge is -2.24. The van der Waals surface area contributed by atoms with Gasteiger partial charge in [0.05, 0.1) is 4.75 Å². The summed E-state index contributed by atoms with van der Waals surface area (Å²) in [7, 11) is -3.62. The summed E-state index contributed by atoms with van der Waals surface area (Å²) < 4.78 is 23.6. The minimum Gasteiger partial charge on any atom is -0.295 e. The molecule has 0 aliphatic rings. The summed E-state index contributed by atoms with van der Waals surface area (Å²) in [6.45, 7) is 6.78. The SMILES string of the molecule is CCCCCCCC(C(=O)C=O)S(=O)(=O)C(C)(C)C. The van der Waals surface area contributed by atoms with Gasteiger partial charge in [0.2, 0.25) is 5.78 Å². The largest absolute Gasteiger partial charge is 0.295 e. The number of unbranched alkanes of at least 4 members (excludes halogenated alkanes) is 4. The van der Waals surface area contributed by atoms with E-state index in [1.807, 2.05) is 0 Å². The molecule has 4 nitrogen and oxygen atoms in total. The molecule has 0 rings (SSSR count). The van der Waals surface area contributed by atoms with Gasteiger partial charge in [0.15, 0.2) is 16.1 Å². The lowest BCUT2D eigenvalue weighted by Crippen LogP contribution is -2.42. The molecule has 0 amide bonds. The molecule has 19 heavy (non-hydrogen) atoms. The highest BCUT2D eigenvalue weighted by Gasteiger charge is 2.40. The van der Waals surface area contributed by atoms with Crippen molar-refractivity contribution in [1.29, 1.82) is 0 Å². The van der Waals surface area contributed by atoms with Crippen LogP contribution in [0.15, 0.2) is 0 Å². The van der Waals surface area contributed by atoms with E-state index in [0.717, 1.165) is 25.7 Å². The summed E-state index contributed by atoms with van der Waals surface area (Å²) >= 11 is 0. The first-order valence-electron chi connectivity index (χ1n) is 6.91. The Hall–Kier alpha value is -0.710. The standard InChI is InChI=1S/C14H26O4S/c1-5-6-7-8-9-10-13(12(16)11-15)19(17,18)14(2,3)4/h11,13H,5-10H2,1-4H3. The zero-order valence-electron chi connectivity index (χ0n) is 12.4. The van der Waals surface area contributed by atoms with Crippen LogP contribution in [0.2, 0.25) is 0 Å². The summed E-state index contributed by atoms with van der Waals surface area (Å²) in [5, 5.41) is -1.17. The van der Waals surface area contributed by atoms with E-state index in [1.54, 1.807) is 20.8 Å².